The molecule has 6 heteroatoms. The predicted octanol–water partition coefficient (Wildman–Crippen LogP) is 2.08. The number of hydrogen-bond acceptors (Lipinski definition) is 5. The van der Waals surface area contributed by atoms with E-state index in [-0.39, 0.29) is 12.4 Å². The molecule has 1 aliphatic heterocycles. The zero-order valence-electron chi connectivity index (χ0n) is 11.0. The highest BCUT2D eigenvalue weighted by Gasteiger charge is 2.18. The molecule has 2 heterocycles. The van der Waals surface area contributed by atoms with Gasteiger partial charge in [0.2, 0.25) is 11.7 Å². The van der Waals surface area contributed by atoms with Crippen LogP contribution in [0, 0.1) is 5.82 Å². The first-order valence-electron chi connectivity index (χ1n) is 6.73. The molecular formula is C14H16FN3O2. The molecule has 1 saturated heterocycles. The van der Waals surface area contributed by atoms with E-state index in [1.54, 1.807) is 18.2 Å². The second-order valence-corrected chi connectivity index (χ2v) is 4.82. The molecule has 2 aromatic rings. The molecule has 20 heavy (non-hydrogen) atoms. The van der Waals surface area contributed by atoms with E-state index in [2.05, 4.69) is 15.5 Å². The maximum atomic E-state index is 13.4. The summed E-state index contributed by atoms with van der Waals surface area (Å²) in [7, 11) is 0. The third-order valence-corrected chi connectivity index (χ3v) is 3.29. The van der Waals surface area contributed by atoms with Crippen LogP contribution in [0.3, 0.4) is 0 Å². The minimum atomic E-state index is -0.397. The fourth-order valence-electron chi connectivity index (χ4n) is 2.28. The van der Waals surface area contributed by atoms with Crippen molar-refractivity contribution in [1.29, 1.82) is 0 Å². The van der Waals surface area contributed by atoms with Gasteiger partial charge in [-0.1, -0.05) is 17.3 Å². The molecule has 1 aliphatic rings. The third-order valence-electron chi connectivity index (χ3n) is 3.29. The summed E-state index contributed by atoms with van der Waals surface area (Å²) in [5, 5.41) is 7.21. The zero-order chi connectivity index (χ0) is 13.8. The molecule has 0 aliphatic carbocycles. The second kappa shape index (κ2) is 6.00. The van der Waals surface area contributed by atoms with Gasteiger partial charge in [-0.2, -0.15) is 4.98 Å². The summed E-state index contributed by atoms with van der Waals surface area (Å²) in [5.74, 6) is 0.820. The van der Waals surface area contributed by atoms with Gasteiger partial charge in [0, 0.05) is 12.5 Å². The lowest BCUT2D eigenvalue weighted by atomic mass is 10.2. The summed E-state index contributed by atoms with van der Waals surface area (Å²) < 4.78 is 23.9. The number of halogens is 1. The second-order valence-electron chi connectivity index (χ2n) is 4.82. The van der Waals surface area contributed by atoms with E-state index in [1.165, 1.54) is 12.5 Å². The lowest BCUT2D eigenvalue weighted by molar-refractivity contribution is 0.272. The van der Waals surface area contributed by atoms with E-state index in [0.29, 0.717) is 17.8 Å². The fourth-order valence-corrected chi connectivity index (χ4v) is 2.28. The Kier molecular flexibility index (Phi) is 3.92. The first-order valence-corrected chi connectivity index (χ1v) is 6.73. The van der Waals surface area contributed by atoms with Crippen LogP contribution in [0.2, 0.25) is 0 Å². The van der Waals surface area contributed by atoms with Crippen LogP contribution >= 0.6 is 0 Å². The van der Waals surface area contributed by atoms with E-state index in [0.717, 1.165) is 19.4 Å². The van der Waals surface area contributed by atoms with Gasteiger partial charge in [-0.3, -0.25) is 0 Å². The van der Waals surface area contributed by atoms with Crippen molar-refractivity contribution >= 4 is 0 Å². The summed E-state index contributed by atoms with van der Waals surface area (Å²) in [6.45, 7) is 1.14. The highest BCUT2D eigenvalue weighted by atomic mass is 19.1. The van der Waals surface area contributed by atoms with Crippen LogP contribution in [0.25, 0.3) is 0 Å². The molecule has 0 radical (unpaired) electrons. The molecule has 1 unspecified atom stereocenters. The van der Waals surface area contributed by atoms with Gasteiger partial charge in [0.1, 0.15) is 0 Å². The molecule has 106 valence electrons. The minimum absolute atomic E-state index is 0.0997. The van der Waals surface area contributed by atoms with Gasteiger partial charge in [0.05, 0.1) is 0 Å². The Morgan fingerprint density at radius 1 is 1.40 bits per heavy atom. The molecule has 5 nitrogen and oxygen atoms in total. The van der Waals surface area contributed by atoms with Crippen LogP contribution in [-0.4, -0.2) is 22.7 Å². The first-order chi connectivity index (χ1) is 9.81. The minimum Gasteiger partial charge on any atom is -0.482 e. The standard InChI is InChI=1S/C14H16FN3O2/c15-11-5-1-2-6-12(11)19-9-13-17-14(20-18-13)8-10-4-3-7-16-10/h1-2,5-6,10,16H,3-4,7-9H2. The zero-order valence-corrected chi connectivity index (χ0v) is 11.0. The summed E-state index contributed by atoms with van der Waals surface area (Å²) in [6.07, 6.45) is 3.04. The van der Waals surface area contributed by atoms with E-state index < -0.39 is 5.82 Å². The van der Waals surface area contributed by atoms with Crippen LogP contribution in [0.15, 0.2) is 28.8 Å². The van der Waals surface area contributed by atoms with Crippen molar-refractivity contribution in [2.45, 2.75) is 31.9 Å². The molecule has 3 rings (SSSR count). The van der Waals surface area contributed by atoms with E-state index in [9.17, 15) is 4.39 Å². The molecule has 1 N–H and O–H groups in total. The van der Waals surface area contributed by atoms with Crippen molar-refractivity contribution in [2.24, 2.45) is 0 Å². The Balaban J connectivity index is 1.56. The Labute approximate surface area is 116 Å². The number of hydrogen-bond donors (Lipinski definition) is 1. The van der Waals surface area contributed by atoms with Crippen LogP contribution in [0.1, 0.15) is 24.6 Å². The number of ether oxygens (including phenoxy) is 1. The van der Waals surface area contributed by atoms with Crippen LogP contribution in [0.5, 0.6) is 5.75 Å². The van der Waals surface area contributed by atoms with Crippen LogP contribution in [-0.2, 0) is 13.0 Å². The van der Waals surface area contributed by atoms with Crippen molar-refractivity contribution in [2.75, 3.05) is 6.54 Å². The van der Waals surface area contributed by atoms with Crippen molar-refractivity contribution in [1.82, 2.24) is 15.5 Å². The van der Waals surface area contributed by atoms with Gasteiger partial charge >= 0.3 is 0 Å². The third kappa shape index (κ3) is 3.14. The monoisotopic (exact) mass is 277 g/mol. The van der Waals surface area contributed by atoms with Crippen molar-refractivity contribution in [3.63, 3.8) is 0 Å². The van der Waals surface area contributed by atoms with Gasteiger partial charge < -0.3 is 14.6 Å². The number of aromatic nitrogens is 2. The maximum Gasteiger partial charge on any atom is 0.228 e. The van der Waals surface area contributed by atoms with Crippen molar-refractivity contribution < 1.29 is 13.7 Å². The quantitative estimate of drug-likeness (QED) is 0.906. The summed E-state index contributed by atoms with van der Waals surface area (Å²) in [6, 6.07) is 6.66. The number of para-hydroxylation sites is 1. The summed E-state index contributed by atoms with van der Waals surface area (Å²) in [5.41, 5.74) is 0. The van der Waals surface area contributed by atoms with Gasteiger partial charge in [-0.05, 0) is 31.5 Å². The largest absolute Gasteiger partial charge is 0.482 e. The lowest BCUT2D eigenvalue weighted by Crippen LogP contribution is -2.23. The van der Waals surface area contributed by atoms with E-state index in [4.69, 9.17) is 9.26 Å². The maximum absolute atomic E-state index is 13.4. The molecule has 0 spiro atoms. The molecule has 0 amide bonds. The molecule has 1 aromatic carbocycles. The highest BCUT2D eigenvalue weighted by Crippen LogP contribution is 2.17. The smallest absolute Gasteiger partial charge is 0.228 e. The first kappa shape index (κ1) is 13.1. The number of rotatable bonds is 5. The Hall–Kier alpha value is -1.95. The molecule has 0 bridgehead atoms. The van der Waals surface area contributed by atoms with Gasteiger partial charge in [0.25, 0.3) is 0 Å². The van der Waals surface area contributed by atoms with Crippen molar-refractivity contribution in [3.8, 4) is 5.75 Å². The Bertz CT molecular complexity index is 567. The molecule has 1 atom stereocenters. The van der Waals surface area contributed by atoms with Gasteiger partial charge in [-0.15, -0.1) is 0 Å². The van der Waals surface area contributed by atoms with Gasteiger partial charge in [-0.25, -0.2) is 4.39 Å². The average Bonchev–Trinajstić information content (AvgIpc) is 3.10. The molecule has 1 aromatic heterocycles. The molecule has 1 fully saturated rings. The SMILES string of the molecule is Fc1ccccc1OCc1noc(CC2CCCN2)n1. The van der Waals surface area contributed by atoms with E-state index >= 15 is 0 Å². The van der Waals surface area contributed by atoms with Crippen molar-refractivity contribution in [3.05, 3.63) is 41.8 Å². The summed E-state index contributed by atoms with van der Waals surface area (Å²) in [4.78, 5) is 4.25. The lowest BCUT2D eigenvalue weighted by Gasteiger charge is -2.05. The van der Waals surface area contributed by atoms with Crippen LogP contribution < -0.4 is 10.1 Å². The summed E-state index contributed by atoms with van der Waals surface area (Å²) >= 11 is 0. The normalized spacial score (nSPS) is 18.4. The Morgan fingerprint density at radius 2 is 2.30 bits per heavy atom. The average molecular weight is 277 g/mol. The Morgan fingerprint density at radius 3 is 3.10 bits per heavy atom. The number of nitrogens with one attached hydrogen (secondary N) is 1. The number of benzene rings is 1. The van der Waals surface area contributed by atoms with Gasteiger partial charge in [0.15, 0.2) is 18.2 Å². The molecular weight excluding hydrogens is 261 g/mol. The highest BCUT2D eigenvalue weighted by molar-refractivity contribution is 5.23. The van der Waals surface area contributed by atoms with E-state index in [1.807, 2.05) is 0 Å². The topological polar surface area (TPSA) is 60.2 Å². The van der Waals surface area contributed by atoms with Crippen LogP contribution in [0.4, 0.5) is 4.39 Å². The molecule has 0 saturated carbocycles. The predicted molar refractivity (Wildman–Crippen MR) is 69.8 cm³/mol. The number of nitrogens with zero attached hydrogens (tertiary/aromatic N) is 2. The fraction of sp³-hybridized carbons (Fsp3) is 0.429.